The summed E-state index contributed by atoms with van der Waals surface area (Å²) in [5, 5.41) is 0. The van der Waals surface area contributed by atoms with Gasteiger partial charge in [0.25, 0.3) is 5.91 Å². The summed E-state index contributed by atoms with van der Waals surface area (Å²) in [6.07, 6.45) is 0.210. The fourth-order valence-corrected chi connectivity index (χ4v) is 2.59. The molecular weight excluding hydrogens is 294 g/mol. The third-order valence-corrected chi connectivity index (χ3v) is 3.72. The highest BCUT2D eigenvalue weighted by Gasteiger charge is 2.28. The molecule has 3 rings (SSSR count). The Morgan fingerprint density at radius 1 is 1.26 bits per heavy atom. The van der Waals surface area contributed by atoms with Crippen LogP contribution in [-0.4, -0.2) is 18.5 Å². The lowest BCUT2D eigenvalue weighted by Gasteiger charge is -2.25. The van der Waals surface area contributed by atoms with Crippen LogP contribution in [0, 0.1) is 0 Å². The number of hydrogen-bond acceptors (Lipinski definition) is 4. The van der Waals surface area contributed by atoms with Crippen molar-refractivity contribution in [1.82, 2.24) is 5.48 Å². The van der Waals surface area contributed by atoms with Crippen LogP contribution in [0.3, 0.4) is 0 Å². The predicted molar refractivity (Wildman–Crippen MR) is 83.8 cm³/mol. The summed E-state index contributed by atoms with van der Waals surface area (Å²) < 4.78 is 5.50. The number of esters is 1. The van der Waals surface area contributed by atoms with E-state index in [-0.39, 0.29) is 18.0 Å². The van der Waals surface area contributed by atoms with E-state index in [0.29, 0.717) is 24.2 Å². The van der Waals surface area contributed by atoms with Crippen molar-refractivity contribution in [2.24, 2.45) is 0 Å². The van der Waals surface area contributed by atoms with Crippen LogP contribution in [0.5, 0.6) is 0 Å². The summed E-state index contributed by atoms with van der Waals surface area (Å²) in [6, 6.07) is 14.5. The van der Waals surface area contributed by atoms with Crippen LogP contribution in [-0.2, 0) is 16.0 Å². The third kappa shape index (κ3) is 3.24. The number of fused-ring (bicyclic) bond motifs is 1. The Bertz CT molecular complexity index is 727. The Hall–Kier alpha value is -2.66. The van der Waals surface area contributed by atoms with Gasteiger partial charge in [-0.2, -0.15) is 0 Å². The zero-order chi connectivity index (χ0) is 16.2. The van der Waals surface area contributed by atoms with E-state index in [1.54, 1.807) is 25.1 Å². The molecule has 23 heavy (non-hydrogen) atoms. The van der Waals surface area contributed by atoms with Gasteiger partial charge in [-0.15, -0.1) is 0 Å². The van der Waals surface area contributed by atoms with Crippen molar-refractivity contribution in [3.63, 3.8) is 0 Å². The van der Waals surface area contributed by atoms with Gasteiger partial charge >= 0.3 is 5.97 Å². The van der Waals surface area contributed by atoms with Crippen LogP contribution < -0.4 is 5.48 Å². The van der Waals surface area contributed by atoms with E-state index in [1.807, 2.05) is 30.3 Å². The zero-order valence-electron chi connectivity index (χ0n) is 12.7. The number of hydrogen-bond donors (Lipinski definition) is 1. The summed E-state index contributed by atoms with van der Waals surface area (Å²) in [4.78, 5) is 29.1. The lowest BCUT2D eigenvalue weighted by atomic mass is 9.93. The molecule has 1 aliphatic rings. The maximum Gasteiger partial charge on any atom is 0.339 e. The lowest BCUT2D eigenvalue weighted by molar-refractivity contribution is 0.0251. The fourth-order valence-electron chi connectivity index (χ4n) is 2.59. The molecule has 0 bridgehead atoms. The van der Waals surface area contributed by atoms with Crippen LogP contribution in [0.1, 0.15) is 44.9 Å². The minimum Gasteiger partial charge on any atom is -0.454 e. The van der Waals surface area contributed by atoms with Gasteiger partial charge in [0, 0.05) is 12.0 Å². The first-order chi connectivity index (χ1) is 11.2. The third-order valence-electron chi connectivity index (χ3n) is 3.72. The first-order valence-electron chi connectivity index (χ1n) is 7.50. The van der Waals surface area contributed by atoms with E-state index in [1.165, 1.54) is 0 Å². The van der Waals surface area contributed by atoms with Crippen LogP contribution in [0.25, 0.3) is 0 Å². The van der Waals surface area contributed by atoms with Crippen molar-refractivity contribution in [3.8, 4) is 0 Å². The van der Waals surface area contributed by atoms with E-state index in [0.717, 1.165) is 11.1 Å². The first kappa shape index (κ1) is 15.2. The van der Waals surface area contributed by atoms with Gasteiger partial charge in [0.2, 0.25) is 0 Å². The number of rotatable bonds is 4. The van der Waals surface area contributed by atoms with E-state index >= 15 is 0 Å². The Balaban J connectivity index is 1.87. The van der Waals surface area contributed by atoms with Gasteiger partial charge in [0.15, 0.2) is 0 Å². The quantitative estimate of drug-likeness (QED) is 0.696. The molecule has 1 aliphatic heterocycles. The molecule has 0 saturated carbocycles. The first-order valence-corrected chi connectivity index (χ1v) is 7.50. The predicted octanol–water partition coefficient (Wildman–Crippen LogP) is 2.82. The van der Waals surface area contributed by atoms with E-state index in [9.17, 15) is 9.59 Å². The Morgan fingerprint density at radius 3 is 2.78 bits per heavy atom. The highest BCUT2D eigenvalue weighted by molar-refractivity contribution is 5.97. The topological polar surface area (TPSA) is 64.6 Å². The molecule has 2 aromatic carbocycles. The standard InChI is InChI=1S/C18H17NO4/c1-2-22-19-17(20)13-8-9-15-14(10-13)11-16(23-18(15)21)12-6-4-3-5-7-12/h3-10,16H,2,11H2,1H3,(H,19,20). The molecule has 1 N–H and O–H groups in total. The van der Waals surface area contributed by atoms with Crippen LogP contribution >= 0.6 is 0 Å². The average molecular weight is 311 g/mol. The van der Waals surface area contributed by atoms with Gasteiger partial charge in [-0.1, -0.05) is 30.3 Å². The second kappa shape index (κ2) is 6.62. The van der Waals surface area contributed by atoms with Crippen LogP contribution in [0.2, 0.25) is 0 Å². The molecule has 1 unspecified atom stereocenters. The molecule has 0 aliphatic carbocycles. The van der Waals surface area contributed by atoms with E-state index < -0.39 is 0 Å². The molecule has 0 saturated heterocycles. The van der Waals surface area contributed by atoms with E-state index in [2.05, 4.69) is 5.48 Å². The van der Waals surface area contributed by atoms with Gasteiger partial charge < -0.3 is 4.74 Å². The number of cyclic esters (lactones) is 1. The molecule has 1 atom stereocenters. The number of nitrogens with one attached hydrogen (secondary N) is 1. The Labute approximate surface area is 134 Å². The lowest BCUT2D eigenvalue weighted by Crippen LogP contribution is -2.25. The number of carbonyl (C=O) groups excluding carboxylic acids is 2. The van der Waals surface area contributed by atoms with Crippen molar-refractivity contribution in [2.45, 2.75) is 19.4 Å². The summed E-state index contributed by atoms with van der Waals surface area (Å²) in [7, 11) is 0. The largest absolute Gasteiger partial charge is 0.454 e. The van der Waals surface area contributed by atoms with Gasteiger partial charge in [0.1, 0.15) is 6.10 Å². The van der Waals surface area contributed by atoms with Crippen molar-refractivity contribution < 1.29 is 19.2 Å². The molecule has 0 fully saturated rings. The number of carbonyl (C=O) groups is 2. The minimum atomic E-state index is -0.364. The number of ether oxygens (including phenoxy) is 1. The average Bonchev–Trinajstić information content (AvgIpc) is 2.59. The van der Waals surface area contributed by atoms with Gasteiger partial charge in [0.05, 0.1) is 12.2 Å². The maximum atomic E-state index is 12.2. The molecule has 0 radical (unpaired) electrons. The number of hydroxylamine groups is 1. The van der Waals surface area contributed by atoms with Crippen molar-refractivity contribution in [2.75, 3.05) is 6.61 Å². The maximum absolute atomic E-state index is 12.2. The van der Waals surface area contributed by atoms with Gasteiger partial charge in [-0.25, -0.2) is 10.3 Å². The van der Waals surface area contributed by atoms with Crippen LogP contribution in [0.15, 0.2) is 48.5 Å². The SMILES string of the molecule is CCONC(=O)c1ccc2c(c1)CC(c1ccccc1)OC2=O. The highest BCUT2D eigenvalue weighted by atomic mass is 16.6. The summed E-state index contributed by atoms with van der Waals surface area (Å²) in [6.45, 7) is 2.17. The van der Waals surface area contributed by atoms with Gasteiger partial charge in [-0.3, -0.25) is 9.63 Å². The second-order valence-corrected chi connectivity index (χ2v) is 5.24. The molecule has 1 heterocycles. The summed E-state index contributed by atoms with van der Waals surface area (Å²) in [5.74, 6) is -0.693. The molecule has 1 amide bonds. The number of benzene rings is 2. The van der Waals surface area contributed by atoms with Crippen molar-refractivity contribution in [1.29, 1.82) is 0 Å². The van der Waals surface area contributed by atoms with Crippen molar-refractivity contribution >= 4 is 11.9 Å². The normalized spacial score (nSPS) is 16.4. The molecule has 5 nitrogen and oxygen atoms in total. The number of amides is 1. The molecule has 5 heteroatoms. The molecule has 0 aromatic heterocycles. The Kier molecular flexibility index (Phi) is 4.39. The second-order valence-electron chi connectivity index (χ2n) is 5.24. The van der Waals surface area contributed by atoms with Crippen molar-refractivity contribution in [3.05, 3.63) is 70.8 Å². The molecule has 118 valence electrons. The monoisotopic (exact) mass is 311 g/mol. The summed E-state index contributed by atoms with van der Waals surface area (Å²) in [5.41, 5.74) is 5.06. The summed E-state index contributed by atoms with van der Waals surface area (Å²) >= 11 is 0. The Morgan fingerprint density at radius 2 is 2.04 bits per heavy atom. The zero-order valence-corrected chi connectivity index (χ0v) is 12.7. The highest BCUT2D eigenvalue weighted by Crippen LogP contribution is 2.30. The van der Waals surface area contributed by atoms with E-state index in [4.69, 9.17) is 9.57 Å². The molecule has 0 spiro atoms. The van der Waals surface area contributed by atoms with Crippen LogP contribution in [0.4, 0.5) is 0 Å². The van der Waals surface area contributed by atoms with Gasteiger partial charge in [-0.05, 0) is 36.2 Å². The minimum absolute atomic E-state index is 0.329. The molecule has 2 aromatic rings. The molecular formula is C18H17NO4. The smallest absolute Gasteiger partial charge is 0.339 e. The fraction of sp³-hybridized carbons (Fsp3) is 0.222.